The van der Waals surface area contributed by atoms with Crippen molar-refractivity contribution in [3.8, 4) is 0 Å². The minimum Gasteiger partial charge on any atom is -0.480 e. The summed E-state index contributed by atoms with van der Waals surface area (Å²) in [7, 11) is 0. The third-order valence-electron chi connectivity index (χ3n) is 2.74. The van der Waals surface area contributed by atoms with Gasteiger partial charge >= 0.3 is 5.97 Å². The first-order chi connectivity index (χ1) is 7.99. The fourth-order valence-corrected chi connectivity index (χ4v) is 2.19. The van der Waals surface area contributed by atoms with Crippen LogP contribution in [0.15, 0.2) is 15.2 Å². The molecule has 0 radical (unpaired) electrons. The average Bonchev–Trinajstić information content (AvgIpc) is 3.00. The van der Waals surface area contributed by atoms with E-state index in [9.17, 15) is 9.59 Å². The van der Waals surface area contributed by atoms with Gasteiger partial charge in [0.05, 0.1) is 0 Å². The largest absolute Gasteiger partial charge is 0.480 e. The summed E-state index contributed by atoms with van der Waals surface area (Å²) in [6, 6.07) is 0.854. The molecule has 0 aliphatic heterocycles. The first kappa shape index (κ1) is 12.2. The number of nitrogens with one attached hydrogen (secondary N) is 1. The van der Waals surface area contributed by atoms with Gasteiger partial charge in [-0.1, -0.05) is 0 Å². The summed E-state index contributed by atoms with van der Waals surface area (Å²) in [4.78, 5) is 22.8. The summed E-state index contributed by atoms with van der Waals surface area (Å²) in [6.07, 6.45) is 1.69. The van der Waals surface area contributed by atoms with Crippen LogP contribution in [0.25, 0.3) is 0 Å². The maximum absolute atomic E-state index is 11.8. The number of carbonyl (C=O) groups excluding carboxylic acids is 1. The summed E-state index contributed by atoms with van der Waals surface area (Å²) in [5, 5.41) is 11.5. The third kappa shape index (κ3) is 2.69. The van der Waals surface area contributed by atoms with E-state index in [0.717, 1.165) is 12.8 Å². The van der Waals surface area contributed by atoms with E-state index >= 15 is 0 Å². The van der Waals surface area contributed by atoms with E-state index < -0.39 is 17.9 Å². The number of aliphatic carboxylic acids is 1. The van der Waals surface area contributed by atoms with Crippen LogP contribution in [0.4, 0.5) is 0 Å². The Morgan fingerprint density at radius 1 is 1.59 bits per heavy atom. The molecule has 1 unspecified atom stereocenters. The van der Waals surface area contributed by atoms with Gasteiger partial charge in [0, 0.05) is 5.56 Å². The number of furan rings is 1. The van der Waals surface area contributed by atoms with Crippen molar-refractivity contribution in [2.75, 3.05) is 0 Å². The molecule has 1 heterocycles. The van der Waals surface area contributed by atoms with Crippen LogP contribution >= 0.6 is 15.9 Å². The highest BCUT2D eigenvalue weighted by Crippen LogP contribution is 2.33. The van der Waals surface area contributed by atoms with Crippen LogP contribution in [0.2, 0.25) is 0 Å². The van der Waals surface area contributed by atoms with E-state index in [-0.39, 0.29) is 11.7 Å². The molecule has 1 aromatic heterocycles. The van der Waals surface area contributed by atoms with Crippen LogP contribution in [-0.2, 0) is 4.79 Å². The van der Waals surface area contributed by atoms with Gasteiger partial charge in [-0.05, 0) is 47.7 Å². The van der Waals surface area contributed by atoms with Gasteiger partial charge in [-0.2, -0.15) is 0 Å². The average molecular weight is 302 g/mol. The molecule has 1 saturated carbocycles. The van der Waals surface area contributed by atoms with Crippen LogP contribution in [0.5, 0.6) is 0 Å². The van der Waals surface area contributed by atoms with Crippen molar-refractivity contribution in [3.63, 3.8) is 0 Å². The monoisotopic (exact) mass is 301 g/mol. The van der Waals surface area contributed by atoms with Crippen LogP contribution in [0.1, 0.15) is 29.0 Å². The standard InChI is InChI=1S/C11H12BrNO4/c1-5-4-7(12)17-9(5)10(14)13-8(11(15)16)6-2-3-6/h4,6,8H,2-3H2,1H3,(H,13,14)(H,15,16). The van der Waals surface area contributed by atoms with E-state index in [1.807, 2.05) is 0 Å². The van der Waals surface area contributed by atoms with Crippen LogP contribution in [0, 0.1) is 12.8 Å². The topological polar surface area (TPSA) is 79.5 Å². The highest BCUT2D eigenvalue weighted by Gasteiger charge is 2.38. The molecule has 1 amide bonds. The zero-order chi connectivity index (χ0) is 12.6. The van der Waals surface area contributed by atoms with Crippen molar-refractivity contribution in [2.45, 2.75) is 25.8 Å². The quantitative estimate of drug-likeness (QED) is 0.891. The molecule has 1 aliphatic rings. The fourth-order valence-electron chi connectivity index (χ4n) is 1.69. The maximum Gasteiger partial charge on any atom is 0.326 e. The molecular formula is C11H12BrNO4. The van der Waals surface area contributed by atoms with Gasteiger partial charge in [-0.3, -0.25) is 4.79 Å². The van der Waals surface area contributed by atoms with E-state index in [0.29, 0.717) is 10.2 Å². The molecule has 5 nitrogen and oxygen atoms in total. The third-order valence-corrected chi connectivity index (χ3v) is 3.13. The molecule has 0 bridgehead atoms. The molecule has 17 heavy (non-hydrogen) atoms. The number of hydrogen-bond donors (Lipinski definition) is 2. The first-order valence-electron chi connectivity index (χ1n) is 5.28. The Kier molecular flexibility index (Phi) is 3.24. The number of carboxylic acid groups (broad SMARTS) is 1. The lowest BCUT2D eigenvalue weighted by atomic mass is 10.1. The smallest absolute Gasteiger partial charge is 0.326 e. The number of aryl methyl sites for hydroxylation is 1. The van der Waals surface area contributed by atoms with E-state index in [1.54, 1.807) is 13.0 Å². The van der Waals surface area contributed by atoms with Gasteiger partial charge in [-0.25, -0.2) is 4.79 Å². The summed E-state index contributed by atoms with van der Waals surface area (Å²) >= 11 is 3.12. The molecule has 6 heteroatoms. The van der Waals surface area contributed by atoms with Gasteiger partial charge in [0.15, 0.2) is 10.4 Å². The molecule has 92 valence electrons. The Labute approximate surface area is 106 Å². The predicted molar refractivity (Wildman–Crippen MR) is 62.8 cm³/mol. The second kappa shape index (κ2) is 4.52. The lowest BCUT2D eigenvalue weighted by molar-refractivity contribution is -0.139. The number of amides is 1. The summed E-state index contributed by atoms with van der Waals surface area (Å²) in [5.74, 6) is -1.27. The van der Waals surface area contributed by atoms with E-state index in [1.165, 1.54) is 0 Å². The number of carboxylic acids is 1. The second-order valence-corrected chi connectivity index (χ2v) is 4.97. The molecule has 1 aliphatic carbocycles. The van der Waals surface area contributed by atoms with Crippen molar-refractivity contribution in [1.29, 1.82) is 0 Å². The number of carbonyl (C=O) groups is 2. The molecule has 1 fully saturated rings. The molecule has 0 spiro atoms. The number of halogens is 1. The predicted octanol–water partition coefficient (Wildman–Crippen LogP) is 1.94. The molecule has 1 atom stereocenters. The minimum atomic E-state index is -0.996. The Balaban J connectivity index is 2.10. The Bertz CT molecular complexity index is 464. The van der Waals surface area contributed by atoms with Gasteiger partial charge in [0.25, 0.3) is 5.91 Å². The van der Waals surface area contributed by atoms with Gasteiger partial charge in [-0.15, -0.1) is 0 Å². The lowest BCUT2D eigenvalue weighted by Crippen LogP contribution is -2.42. The normalized spacial score (nSPS) is 16.6. The van der Waals surface area contributed by atoms with Gasteiger partial charge in [0.2, 0.25) is 0 Å². The Hall–Kier alpha value is -1.30. The van der Waals surface area contributed by atoms with Crippen molar-refractivity contribution < 1.29 is 19.1 Å². The highest BCUT2D eigenvalue weighted by atomic mass is 79.9. The molecule has 0 saturated heterocycles. The second-order valence-electron chi connectivity index (χ2n) is 4.19. The number of hydrogen-bond acceptors (Lipinski definition) is 3. The van der Waals surface area contributed by atoms with Crippen molar-refractivity contribution in [1.82, 2.24) is 5.32 Å². The van der Waals surface area contributed by atoms with E-state index in [4.69, 9.17) is 9.52 Å². The highest BCUT2D eigenvalue weighted by molar-refractivity contribution is 9.10. The number of rotatable bonds is 4. The molecule has 2 rings (SSSR count). The summed E-state index contributed by atoms with van der Waals surface area (Å²) < 4.78 is 5.63. The zero-order valence-electron chi connectivity index (χ0n) is 9.20. The van der Waals surface area contributed by atoms with Crippen molar-refractivity contribution >= 4 is 27.8 Å². The summed E-state index contributed by atoms with van der Waals surface area (Å²) in [6.45, 7) is 1.73. The van der Waals surface area contributed by atoms with Crippen LogP contribution in [0.3, 0.4) is 0 Å². The van der Waals surface area contributed by atoms with E-state index in [2.05, 4.69) is 21.2 Å². The molecule has 1 aromatic rings. The van der Waals surface area contributed by atoms with Crippen molar-refractivity contribution in [2.24, 2.45) is 5.92 Å². The lowest BCUT2D eigenvalue weighted by Gasteiger charge is -2.12. The Morgan fingerprint density at radius 3 is 2.65 bits per heavy atom. The van der Waals surface area contributed by atoms with Gasteiger partial charge < -0.3 is 14.8 Å². The minimum absolute atomic E-state index is 0.0511. The fraction of sp³-hybridized carbons (Fsp3) is 0.455. The zero-order valence-corrected chi connectivity index (χ0v) is 10.8. The van der Waals surface area contributed by atoms with Crippen LogP contribution < -0.4 is 5.32 Å². The Morgan fingerprint density at radius 2 is 2.24 bits per heavy atom. The van der Waals surface area contributed by atoms with Crippen molar-refractivity contribution in [3.05, 3.63) is 22.1 Å². The SMILES string of the molecule is Cc1cc(Br)oc1C(=O)NC(C(=O)O)C1CC1. The molecule has 2 N–H and O–H groups in total. The first-order valence-corrected chi connectivity index (χ1v) is 6.08. The van der Waals surface area contributed by atoms with Crippen LogP contribution in [-0.4, -0.2) is 23.0 Å². The maximum atomic E-state index is 11.8. The van der Waals surface area contributed by atoms with Gasteiger partial charge in [0.1, 0.15) is 6.04 Å². The molecule has 0 aromatic carbocycles. The summed E-state index contributed by atoms with van der Waals surface area (Å²) in [5.41, 5.74) is 0.675. The molecular weight excluding hydrogens is 290 g/mol.